The Morgan fingerprint density at radius 2 is 2.14 bits per heavy atom. The van der Waals surface area contributed by atoms with Crippen molar-refractivity contribution >= 4 is 0 Å². The highest BCUT2D eigenvalue weighted by molar-refractivity contribution is 5.26. The summed E-state index contributed by atoms with van der Waals surface area (Å²) >= 11 is 0. The molecule has 0 amide bonds. The van der Waals surface area contributed by atoms with E-state index >= 15 is 0 Å². The van der Waals surface area contributed by atoms with Crippen LogP contribution in [-0.2, 0) is 17.6 Å². The molecule has 0 spiro atoms. The molecule has 112 valence electrons. The highest BCUT2D eigenvalue weighted by Crippen LogP contribution is 2.19. The Kier molecular flexibility index (Phi) is 4.17. The number of nitrogens with zero attached hydrogens (tertiary/aromatic N) is 2. The highest BCUT2D eigenvalue weighted by atomic mass is 16.5. The molecule has 0 radical (unpaired) electrons. The predicted molar refractivity (Wildman–Crippen MR) is 75.7 cm³/mol. The summed E-state index contributed by atoms with van der Waals surface area (Å²) in [6.45, 7) is 0.815. The van der Waals surface area contributed by atoms with Crippen LogP contribution in [0.3, 0.4) is 0 Å². The number of ether oxygens (including phenoxy) is 1. The van der Waals surface area contributed by atoms with Crippen molar-refractivity contribution in [2.24, 2.45) is 5.73 Å². The third-order valence-electron chi connectivity index (χ3n) is 3.63. The number of hydrogen-bond donors (Lipinski definition) is 2. The summed E-state index contributed by atoms with van der Waals surface area (Å²) in [5, 5.41) is 13.2. The summed E-state index contributed by atoms with van der Waals surface area (Å²) in [5.74, 6) is 1.33. The molecular formula is C15H19N3O3. The number of hydrogen-bond acceptors (Lipinski definition) is 6. The maximum absolute atomic E-state index is 9.26. The van der Waals surface area contributed by atoms with E-state index in [1.54, 1.807) is 12.1 Å². The lowest BCUT2D eigenvalue weighted by atomic mass is 10.1. The molecule has 1 fully saturated rings. The molecule has 2 atom stereocenters. The zero-order valence-corrected chi connectivity index (χ0v) is 11.7. The zero-order valence-electron chi connectivity index (χ0n) is 11.7. The highest BCUT2D eigenvalue weighted by Gasteiger charge is 2.21. The third kappa shape index (κ3) is 3.59. The van der Waals surface area contributed by atoms with Crippen LogP contribution in [0, 0.1) is 0 Å². The van der Waals surface area contributed by atoms with E-state index in [0.29, 0.717) is 24.6 Å². The summed E-state index contributed by atoms with van der Waals surface area (Å²) in [6, 6.07) is 6.59. The Balaban J connectivity index is 1.60. The Labute approximate surface area is 122 Å². The Hall–Kier alpha value is -1.92. The molecule has 2 heterocycles. The van der Waals surface area contributed by atoms with Crippen molar-refractivity contribution in [2.45, 2.75) is 37.8 Å². The Morgan fingerprint density at radius 3 is 2.86 bits per heavy atom. The second-order valence-corrected chi connectivity index (χ2v) is 5.37. The van der Waals surface area contributed by atoms with Gasteiger partial charge in [-0.3, -0.25) is 0 Å². The second-order valence-electron chi connectivity index (χ2n) is 5.37. The van der Waals surface area contributed by atoms with Crippen LogP contribution in [0.2, 0.25) is 0 Å². The van der Waals surface area contributed by atoms with Gasteiger partial charge in [0.05, 0.1) is 12.1 Å². The average molecular weight is 289 g/mol. The second kappa shape index (κ2) is 6.24. The molecule has 6 heteroatoms. The van der Waals surface area contributed by atoms with Crippen molar-refractivity contribution in [2.75, 3.05) is 6.61 Å². The van der Waals surface area contributed by atoms with Gasteiger partial charge >= 0.3 is 0 Å². The lowest BCUT2D eigenvalue weighted by molar-refractivity contribution is 0.109. The van der Waals surface area contributed by atoms with Gasteiger partial charge in [-0.05, 0) is 37.0 Å². The van der Waals surface area contributed by atoms with Crippen LogP contribution in [0.5, 0.6) is 5.75 Å². The van der Waals surface area contributed by atoms with Gasteiger partial charge in [0.15, 0.2) is 5.82 Å². The van der Waals surface area contributed by atoms with Gasteiger partial charge in [-0.15, -0.1) is 0 Å². The topological polar surface area (TPSA) is 94.4 Å². The van der Waals surface area contributed by atoms with Gasteiger partial charge in [-0.2, -0.15) is 4.98 Å². The summed E-state index contributed by atoms with van der Waals surface area (Å²) < 4.78 is 10.8. The molecule has 1 saturated heterocycles. The van der Waals surface area contributed by atoms with E-state index in [1.807, 2.05) is 12.1 Å². The normalized spacial score (nSPS) is 19.8. The van der Waals surface area contributed by atoms with E-state index in [2.05, 4.69) is 10.1 Å². The van der Waals surface area contributed by atoms with E-state index in [-0.39, 0.29) is 17.9 Å². The fraction of sp³-hybridized carbons (Fsp3) is 0.467. The zero-order chi connectivity index (χ0) is 14.7. The standard InChI is InChI=1S/C15H19N3O3/c16-13(8-10-3-5-11(19)6-4-10)15-17-14(18-21-15)9-12-2-1-7-20-12/h3-6,12-13,19H,1-2,7-9,16H2/t12?,13-/m0/s1. The molecule has 3 rings (SSSR count). The first-order valence-corrected chi connectivity index (χ1v) is 7.18. The average Bonchev–Trinajstić information content (AvgIpc) is 3.13. The van der Waals surface area contributed by atoms with Gasteiger partial charge in [-0.1, -0.05) is 17.3 Å². The van der Waals surface area contributed by atoms with E-state index in [1.165, 1.54) is 0 Å². The first-order chi connectivity index (χ1) is 10.2. The van der Waals surface area contributed by atoms with Crippen molar-refractivity contribution in [1.82, 2.24) is 10.1 Å². The molecule has 0 bridgehead atoms. The minimum absolute atomic E-state index is 0.198. The van der Waals surface area contributed by atoms with Gasteiger partial charge in [0.1, 0.15) is 5.75 Å². The largest absolute Gasteiger partial charge is 0.508 e. The maximum atomic E-state index is 9.26. The number of phenols is 1. The quantitative estimate of drug-likeness (QED) is 0.870. The summed E-state index contributed by atoms with van der Waals surface area (Å²) in [6.07, 6.45) is 3.60. The molecule has 1 aromatic heterocycles. The molecule has 0 aliphatic carbocycles. The molecule has 2 aromatic rings. The lowest BCUT2D eigenvalue weighted by Gasteiger charge is -2.07. The van der Waals surface area contributed by atoms with Crippen molar-refractivity contribution in [3.63, 3.8) is 0 Å². The van der Waals surface area contributed by atoms with Crippen LogP contribution in [0.4, 0.5) is 0 Å². The summed E-state index contributed by atoms with van der Waals surface area (Å²) in [4.78, 5) is 4.36. The molecule has 1 aliphatic rings. The molecular weight excluding hydrogens is 270 g/mol. The molecule has 1 unspecified atom stereocenters. The predicted octanol–water partition coefficient (Wildman–Crippen LogP) is 1.74. The van der Waals surface area contributed by atoms with Gasteiger partial charge in [-0.25, -0.2) is 0 Å². The van der Waals surface area contributed by atoms with Gasteiger partial charge in [0.2, 0.25) is 5.89 Å². The number of aromatic nitrogens is 2. The first kappa shape index (κ1) is 14.0. The number of nitrogens with two attached hydrogens (primary N) is 1. The Bertz CT molecular complexity index is 576. The first-order valence-electron chi connectivity index (χ1n) is 7.18. The van der Waals surface area contributed by atoms with E-state index in [9.17, 15) is 5.11 Å². The van der Waals surface area contributed by atoms with Gasteiger partial charge in [0, 0.05) is 13.0 Å². The van der Waals surface area contributed by atoms with Crippen molar-refractivity contribution in [1.29, 1.82) is 0 Å². The lowest BCUT2D eigenvalue weighted by Crippen LogP contribution is -2.14. The minimum atomic E-state index is -0.347. The SMILES string of the molecule is N[C@@H](Cc1ccc(O)cc1)c1nc(CC2CCCO2)no1. The van der Waals surface area contributed by atoms with Crippen LogP contribution < -0.4 is 5.73 Å². The molecule has 1 aliphatic heterocycles. The van der Waals surface area contributed by atoms with Gasteiger partial charge < -0.3 is 20.1 Å². The maximum Gasteiger partial charge on any atom is 0.243 e. The summed E-state index contributed by atoms with van der Waals surface area (Å²) in [7, 11) is 0. The molecule has 0 saturated carbocycles. The third-order valence-corrected chi connectivity index (χ3v) is 3.63. The van der Waals surface area contributed by atoms with Gasteiger partial charge in [0.25, 0.3) is 0 Å². The number of phenolic OH excluding ortho intramolecular Hbond substituents is 1. The van der Waals surface area contributed by atoms with Crippen LogP contribution in [-0.4, -0.2) is 28.0 Å². The molecule has 1 aromatic carbocycles. The van der Waals surface area contributed by atoms with Crippen LogP contribution in [0.1, 0.15) is 36.2 Å². The van der Waals surface area contributed by atoms with Crippen molar-refractivity contribution in [3.8, 4) is 5.75 Å². The Morgan fingerprint density at radius 1 is 1.33 bits per heavy atom. The van der Waals surface area contributed by atoms with Crippen LogP contribution in [0.15, 0.2) is 28.8 Å². The fourth-order valence-corrected chi connectivity index (χ4v) is 2.48. The van der Waals surface area contributed by atoms with E-state index in [0.717, 1.165) is 25.0 Å². The monoisotopic (exact) mass is 289 g/mol. The summed E-state index contributed by atoms with van der Waals surface area (Å²) in [5.41, 5.74) is 7.11. The minimum Gasteiger partial charge on any atom is -0.508 e. The van der Waals surface area contributed by atoms with Crippen LogP contribution >= 0.6 is 0 Å². The fourth-order valence-electron chi connectivity index (χ4n) is 2.48. The van der Waals surface area contributed by atoms with Crippen LogP contribution in [0.25, 0.3) is 0 Å². The number of rotatable bonds is 5. The van der Waals surface area contributed by atoms with E-state index in [4.69, 9.17) is 15.0 Å². The van der Waals surface area contributed by atoms with E-state index < -0.39 is 0 Å². The number of benzene rings is 1. The van der Waals surface area contributed by atoms with Crippen molar-refractivity contribution < 1.29 is 14.4 Å². The molecule has 3 N–H and O–H groups in total. The molecule has 21 heavy (non-hydrogen) atoms. The van der Waals surface area contributed by atoms with Crippen molar-refractivity contribution in [3.05, 3.63) is 41.5 Å². The number of aromatic hydroxyl groups is 1. The smallest absolute Gasteiger partial charge is 0.243 e. The molecule has 6 nitrogen and oxygen atoms in total.